The summed E-state index contributed by atoms with van der Waals surface area (Å²) in [5.41, 5.74) is 2.37. The Morgan fingerprint density at radius 2 is 1.51 bits per heavy atom. The van der Waals surface area contributed by atoms with Gasteiger partial charge in [-0.15, -0.1) is 0 Å². The zero-order valence-electron chi connectivity index (χ0n) is 28.1. The molecule has 0 N–H and O–H groups in total. The first kappa shape index (κ1) is 36.3. The van der Waals surface area contributed by atoms with Gasteiger partial charge in [0.15, 0.2) is 5.88 Å². The van der Waals surface area contributed by atoms with Gasteiger partial charge in [0.05, 0.1) is 29.4 Å². The van der Waals surface area contributed by atoms with Crippen LogP contribution in [0.25, 0.3) is 11.1 Å². The molecule has 1 saturated carbocycles. The van der Waals surface area contributed by atoms with Gasteiger partial charge in [-0.3, -0.25) is 0 Å². The standard InChI is InChI=1S/C35H37F6N3O.C3H6O/c1-4-23-10-11-25(24-8-5-6-9-24)18-30(23)29-12-13-32(43-14-7-15-43)42-31(29)20-44-21(2)33(45-22(44)3)26-16-27(34(36,37)38)19-28(17-26)35(39,40)41;1-2-3-4/h10-13,16-19,21,24,33H,3-9,14-15,20H2,1-2H3;3H,2H2,1H3. The minimum absolute atomic E-state index is 0.137. The molecule has 5 nitrogen and oxygen atoms in total. The van der Waals surface area contributed by atoms with Crippen LogP contribution in [0.5, 0.6) is 0 Å². The van der Waals surface area contributed by atoms with E-state index in [1.165, 1.54) is 36.8 Å². The SMILES string of the molecule is C=C1OC(c2cc(C(F)(F)F)cc(C(F)(F)F)c2)C(C)N1Cc1nc(N2CCC2)ccc1-c1cc(C2CCCC2)ccc1CC.CCC=O. The highest BCUT2D eigenvalue weighted by atomic mass is 19.4. The van der Waals surface area contributed by atoms with Gasteiger partial charge in [-0.25, -0.2) is 4.98 Å². The van der Waals surface area contributed by atoms with Crippen LogP contribution in [0.4, 0.5) is 32.2 Å². The number of aryl methyl sites for hydroxylation is 1. The van der Waals surface area contributed by atoms with Gasteiger partial charge in [-0.05, 0) is 97.7 Å². The molecule has 2 atom stereocenters. The largest absolute Gasteiger partial charge is 0.469 e. The molecule has 2 aromatic carbocycles. The van der Waals surface area contributed by atoms with E-state index < -0.39 is 35.6 Å². The van der Waals surface area contributed by atoms with Crippen LogP contribution in [-0.4, -0.2) is 35.3 Å². The van der Waals surface area contributed by atoms with Crippen LogP contribution in [0.2, 0.25) is 0 Å². The van der Waals surface area contributed by atoms with Crippen LogP contribution < -0.4 is 4.90 Å². The first-order valence-corrected chi connectivity index (χ1v) is 17.0. The summed E-state index contributed by atoms with van der Waals surface area (Å²) in [5, 5.41) is 0. The quantitative estimate of drug-likeness (QED) is 0.174. The van der Waals surface area contributed by atoms with Gasteiger partial charge in [0, 0.05) is 25.1 Å². The first-order valence-electron chi connectivity index (χ1n) is 17.0. The monoisotopic (exact) mass is 687 g/mol. The molecule has 1 aromatic heterocycles. The molecule has 0 radical (unpaired) electrons. The second kappa shape index (κ2) is 14.8. The minimum atomic E-state index is -4.95. The smallest absolute Gasteiger partial charge is 0.416 e. The Bertz CT molecular complexity index is 1610. The number of hydrogen-bond acceptors (Lipinski definition) is 5. The molecule has 6 rings (SSSR count). The molecule has 2 saturated heterocycles. The number of aldehydes is 1. The van der Waals surface area contributed by atoms with E-state index in [0.717, 1.165) is 67.0 Å². The van der Waals surface area contributed by atoms with Crippen molar-refractivity contribution in [1.82, 2.24) is 9.88 Å². The number of carbonyl (C=O) groups is 1. The van der Waals surface area contributed by atoms with E-state index in [-0.39, 0.29) is 24.1 Å². The Morgan fingerprint density at radius 3 is 2.04 bits per heavy atom. The Balaban J connectivity index is 0.00000111. The lowest BCUT2D eigenvalue weighted by molar-refractivity contribution is -0.143. The van der Waals surface area contributed by atoms with E-state index in [1.54, 1.807) is 11.8 Å². The summed E-state index contributed by atoms with van der Waals surface area (Å²) in [6.07, 6.45) is -2.79. The van der Waals surface area contributed by atoms with Crippen LogP contribution in [0.1, 0.15) is 105 Å². The van der Waals surface area contributed by atoms with Crippen LogP contribution >= 0.6 is 0 Å². The normalized spacial score (nSPS) is 19.7. The molecule has 2 aliphatic heterocycles. The number of anilines is 1. The Morgan fingerprint density at radius 1 is 0.878 bits per heavy atom. The number of ether oxygens (including phenoxy) is 1. The number of carbonyl (C=O) groups excluding carboxylic acids is 1. The van der Waals surface area contributed by atoms with E-state index in [9.17, 15) is 31.1 Å². The summed E-state index contributed by atoms with van der Waals surface area (Å²) in [6, 6.07) is 11.8. The fourth-order valence-corrected chi connectivity index (χ4v) is 6.83. The van der Waals surface area contributed by atoms with E-state index in [1.807, 2.05) is 13.0 Å². The maximum atomic E-state index is 13.6. The van der Waals surface area contributed by atoms with Gasteiger partial charge >= 0.3 is 12.4 Å². The van der Waals surface area contributed by atoms with Crippen molar-refractivity contribution in [2.45, 2.75) is 103 Å². The third-order valence-corrected chi connectivity index (χ3v) is 9.71. The fourth-order valence-electron chi connectivity index (χ4n) is 6.83. The molecule has 3 aromatic rings. The number of pyridine rings is 1. The van der Waals surface area contributed by atoms with Crippen molar-refractivity contribution in [3.8, 4) is 11.1 Å². The predicted molar refractivity (Wildman–Crippen MR) is 178 cm³/mol. The third kappa shape index (κ3) is 8.07. The highest BCUT2D eigenvalue weighted by Gasteiger charge is 2.42. The number of benzene rings is 2. The number of nitrogens with zero attached hydrogens (tertiary/aromatic N) is 3. The molecule has 3 heterocycles. The average molecular weight is 688 g/mol. The summed E-state index contributed by atoms with van der Waals surface area (Å²) in [4.78, 5) is 18.2. The summed E-state index contributed by atoms with van der Waals surface area (Å²) in [6.45, 7) is 11.7. The second-order valence-electron chi connectivity index (χ2n) is 13.0. The molecule has 264 valence electrons. The second-order valence-corrected chi connectivity index (χ2v) is 13.0. The molecule has 3 fully saturated rings. The van der Waals surface area contributed by atoms with E-state index >= 15 is 0 Å². The number of aromatic nitrogens is 1. The highest BCUT2D eigenvalue weighted by Crippen LogP contribution is 2.44. The minimum Gasteiger partial charge on any atom is -0.469 e. The van der Waals surface area contributed by atoms with Crippen molar-refractivity contribution in [2.75, 3.05) is 18.0 Å². The van der Waals surface area contributed by atoms with Crippen LogP contribution in [0.3, 0.4) is 0 Å². The predicted octanol–water partition coefficient (Wildman–Crippen LogP) is 10.2. The molecule has 2 unspecified atom stereocenters. The van der Waals surface area contributed by atoms with E-state index in [4.69, 9.17) is 9.72 Å². The Labute approximate surface area is 284 Å². The Kier molecular flexibility index (Phi) is 11.0. The van der Waals surface area contributed by atoms with E-state index in [2.05, 4.69) is 42.7 Å². The maximum absolute atomic E-state index is 13.6. The van der Waals surface area contributed by atoms with Crippen LogP contribution in [0, 0.1) is 0 Å². The van der Waals surface area contributed by atoms with Crippen LogP contribution in [0.15, 0.2) is 61.0 Å². The number of alkyl halides is 6. The van der Waals surface area contributed by atoms with Crippen molar-refractivity contribution < 1.29 is 35.9 Å². The van der Waals surface area contributed by atoms with Gasteiger partial charge in [0.25, 0.3) is 0 Å². The molecule has 1 aliphatic carbocycles. The third-order valence-electron chi connectivity index (χ3n) is 9.71. The van der Waals surface area contributed by atoms with Gasteiger partial charge in [-0.1, -0.05) is 44.9 Å². The van der Waals surface area contributed by atoms with Gasteiger partial charge in [-0.2, -0.15) is 26.3 Å². The zero-order valence-corrected chi connectivity index (χ0v) is 28.1. The fraction of sp³-hybridized carbons (Fsp3) is 0.474. The first-order chi connectivity index (χ1) is 23.2. The van der Waals surface area contributed by atoms with Crippen molar-refractivity contribution in [3.05, 3.63) is 94.5 Å². The summed E-state index contributed by atoms with van der Waals surface area (Å²) >= 11 is 0. The number of halogens is 6. The molecular formula is C38H43F6N3O2. The average Bonchev–Trinajstić information content (AvgIpc) is 3.68. The molecule has 0 spiro atoms. The molecule has 3 aliphatic rings. The molecule has 0 bridgehead atoms. The maximum Gasteiger partial charge on any atom is 0.416 e. The van der Waals surface area contributed by atoms with Gasteiger partial charge in [0.2, 0.25) is 0 Å². The lowest BCUT2D eigenvalue weighted by atomic mass is 9.89. The summed E-state index contributed by atoms with van der Waals surface area (Å²) in [7, 11) is 0. The van der Waals surface area contributed by atoms with E-state index in [0.29, 0.717) is 12.3 Å². The lowest BCUT2D eigenvalue weighted by Crippen LogP contribution is -2.38. The number of hydrogen-bond donors (Lipinski definition) is 0. The Hall–Kier alpha value is -4.02. The zero-order chi connectivity index (χ0) is 35.5. The highest BCUT2D eigenvalue weighted by molar-refractivity contribution is 5.72. The van der Waals surface area contributed by atoms with Gasteiger partial charge in [0.1, 0.15) is 18.2 Å². The summed E-state index contributed by atoms with van der Waals surface area (Å²) < 4.78 is 87.8. The molecule has 11 heteroatoms. The molecule has 49 heavy (non-hydrogen) atoms. The van der Waals surface area contributed by atoms with Gasteiger partial charge < -0.3 is 19.3 Å². The van der Waals surface area contributed by atoms with Crippen molar-refractivity contribution in [1.29, 1.82) is 0 Å². The molecular weight excluding hydrogens is 644 g/mol. The number of rotatable bonds is 8. The topological polar surface area (TPSA) is 45.7 Å². The van der Waals surface area contributed by atoms with Crippen molar-refractivity contribution in [3.63, 3.8) is 0 Å². The summed E-state index contributed by atoms with van der Waals surface area (Å²) in [5.74, 6) is 1.54. The molecule has 0 amide bonds. The van der Waals surface area contributed by atoms with Crippen LogP contribution in [-0.2, 0) is 34.8 Å². The lowest BCUT2D eigenvalue weighted by Gasteiger charge is -2.33. The van der Waals surface area contributed by atoms with Crippen molar-refractivity contribution in [2.24, 2.45) is 0 Å². The van der Waals surface area contributed by atoms with Crippen molar-refractivity contribution >= 4 is 12.1 Å².